The van der Waals surface area contributed by atoms with Gasteiger partial charge in [-0.05, 0) is 17.3 Å². The number of nitrogens with zero attached hydrogens (tertiary/aromatic N) is 4. The third kappa shape index (κ3) is 2.21. The second-order valence-electron chi connectivity index (χ2n) is 3.15. The van der Waals surface area contributed by atoms with Crippen molar-refractivity contribution in [3.8, 4) is 5.75 Å². The van der Waals surface area contributed by atoms with Gasteiger partial charge in [-0.2, -0.15) is 5.21 Å². The summed E-state index contributed by atoms with van der Waals surface area (Å²) in [6.45, 7) is 0. The first-order valence-corrected chi connectivity index (χ1v) is 4.60. The van der Waals surface area contributed by atoms with Crippen molar-refractivity contribution in [2.45, 2.75) is 0 Å². The predicted octanol–water partition coefficient (Wildman–Crippen LogP) is 0.0658. The lowest BCUT2D eigenvalue weighted by Gasteiger charge is -2.03. The first-order valence-electron chi connectivity index (χ1n) is 4.60. The van der Waals surface area contributed by atoms with E-state index in [0.717, 1.165) is 6.07 Å². The molecular formula is C8H6N6O4. The fraction of sp³-hybridized carbons (Fsp3) is 0. The predicted molar refractivity (Wildman–Crippen MR) is 56.9 cm³/mol. The summed E-state index contributed by atoms with van der Waals surface area (Å²) < 4.78 is 0. The van der Waals surface area contributed by atoms with Crippen molar-refractivity contribution in [2.75, 3.05) is 5.32 Å². The van der Waals surface area contributed by atoms with Gasteiger partial charge in [0.25, 0.3) is 17.4 Å². The summed E-state index contributed by atoms with van der Waals surface area (Å²) >= 11 is 0. The van der Waals surface area contributed by atoms with E-state index in [4.69, 9.17) is 5.11 Å². The molecule has 0 spiro atoms. The van der Waals surface area contributed by atoms with Crippen molar-refractivity contribution in [1.82, 2.24) is 20.6 Å². The van der Waals surface area contributed by atoms with Crippen molar-refractivity contribution in [1.29, 1.82) is 0 Å². The number of H-pyrrole nitrogens is 1. The number of aromatic hydroxyl groups is 1. The molecule has 1 heterocycles. The van der Waals surface area contributed by atoms with Crippen molar-refractivity contribution in [3.63, 3.8) is 0 Å². The Kier molecular flexibility index (Phi) is 2.83. The molecule has 10 heteroatoms. The topological polar surface area (TPSA) is 147 Å². The van der Waals surface area contributed by atoms with Crippen LogP contribution in [-0.2, 0) is 0 Å². The van der Waals surface area contributed by atoms with Gasteiger partial charge in [0.15, 0.2) is 0 Å². The van der Waals surface area contributed by atoms with Crippen LogP contribution in [0.25, 0.3) is 0 Å². The minimum atomic E-state index is -0.752. The molecule has 0 unspecified atom stereocenters. The van der Waals surface area contributed by atoms with E-state index in [-0.39, 0.29) is 17.3 Å². The van der Waals surface area contributed by atoms with Crippen molar-refractivity contribution < 1.29 is 14.8 Å². The SMILES string of the molecule is O=C(Nc1ccc(O)cc1[N+](=O)[O-])c1nn[nH]n1. The first-order chi connectivity index (χ1) is 8.58. The molecule has 0 aliphatic heterocycles. The van der Waals surface area contributed by atoms with Crippen LogP contribution in [0.3, 0.4) is 0 Å². The number of phenols is 1. The molecule has 0 aliphatic carbocycles. The van der Waals surface area contributed by atoms with Crippen molar-refractivity contribution in [3.05, 3.63) is 34.1 Å². The van der Waals surface area contributed by atoms with Crippen LogP contribution < -0.4 is 5.32 Å². The van der Waals surface area contributed by atoms with Crippen LogP contribution in [-0.4, -0.2) is 36.6 Å². The average Bonchev–Trinajstić information content (AvgIpc) is 2.84. The van der Waals surface area contributed by atoms with Gasteiger partial charge in [-0.1, -0.05) is 0 Å². The Hall–Kier alpha value is -3.04. The van der Waals surface area contributed by atoms with E-state index in [9.17, 15) is 14.9 Å². The summed E-state index contributed by atoms with van der Waals surface area (Å²) in [4.78, 5) is 21.6. The molecule has 10 nitrogen and oxygen atoms in total. The van der Waals surface area contributed by atoms with Crippen LogP contribution in [0.15, 0.2) is 18.2 Å². The lowest BCUT2D eigenvalue weighted by atomic mass is 10.2. The number of benzene rings is 1. The number of tetrazole rings is 1. The Bertz CT molecular complexity index is 596. The quantitative estimate of drug-likeness (QED) is 0.396. The van der Waals surface area contributed by atoms with E-state index < -0.39 is 16.5 Å². The molecule has 0 saturated heterocycles. The number of aromatic amines is 1. The number of nitrogens with one attached hydrogen (secondary N) is 2. The highest BCUT2D eigenvalue weighted by Gasteiger charge is 2.19. The molecule has 1 aromatic heterocycles. The van der Waals surface area contributed by atoms with Gasteiger partial charge in [0.05, 0.1) is 11.0 Å². The molecule has 0 radical (unpaired) electrons. The Morgan fingerprint density at radius 2 is 2.28 bits per heavy atom. The fourth-order valence-electron chi connectivity index (χ4n) is 1.21. The number of rotatable bonds is 3. The molecule has 0 aliphatic rings. The van der Waals surface area contributed by atoms with Crippen molar-refractivity contribution in [2.24, 2.45) is 0 Å². The maximum Gasteiger partial charge on any atom is 0.297 e. The zero-order chi connectivity index (χ0) is 13.1. The summed E-state index contributed by atoms with van der Waals surface area (Å²) in [6.07, 6.45) is 0. The molecule has 2 aromatic rings. The highest BCUT2D eigenvalue weighted by molar-refractivity contribution is 6.02. The number of carbonyl (C=O) groups excluding carboxylic acids is 1. The van der Waals surface area contributed by atoms with E-state index in [1.165, 1.54) is 12.1 Å². The summed E-state index contributed by atoms with van der Waals surface area (Å²) in [6, 6.07) is 3.33. The minimum absolute atomic E-state index is 0.0763. The molecule has 1 amide bonds. The molecule has 1 aromatic carbocycles. The van der Waals surface area contributed by atoms with Gasteiger partial charge < -0.3 is 10.4 Å². The largest absolute Gasteiger partial charge is 0.508 e. The van der Waals surface area contributed by atoms with E-state index in [1.807, 2.05) is 0 Å². The maximum atomic E-state index is 11.6. The summed E-state index contributed by atoms with van der Waals surface area (Å²) in [5, 5.41) is 34.2. The van der Waals surface area contributed by atoms with Crippen LogP contribution in [0, 0.1) is 10.1 Å². The molecule has 18 heavy (non-hydrogen) atoms. The Morgan fingerprint density at radius 1 is 1.50 bits per heavy atom. The molecule has 0 fully saturated rings. The van der Waals surface area contributed by atoms with Gasteiger partial charge in [-0.15, -0.1) is 10.2 Å². The number of nitro benzene ring substituents is 1. The van der Waals surface area contributed by atoms with E-state index in [2.05, 4.69) is 25.9 Å². The molecule has 0 atom stereocenters. The zero-order valence-corrected chi connectivity index (χ0v) is 8.69. The molecule has 3 N–H and O–H groups in total. The third-order valence-electron chi connectivity index (χ3n) is 1.97. The molecule has 0 bridgehead atoms. The second-order valence-corrected chi connectivity index (χ2v) is 3.15. The lowest BCUT2D eigenvalue weighted by molar-refractivity contribution is -0.384. The number of anilines is 1. The lowest BCUT2D eigenvalue weighted by Crippen LogP contribution is -2.14. The van der Waals surface area contributed by atoms with E-state index in [1.54, 1.807) is 0 Å². The number of amides is 1. The van der Waals surface area contributed by atoms with E-state index >= 15 is 0 Å². The smallest absolute Gasteiger partial charge is 0.297 e. The van der Waals surface area contributed by atoms with Crippen LogP contribution in [0.5, 0.6) is 5.75 Å². The standard InChI is InChI=1S/C8H6N6O4/c15-4-1-2-5(6(3-4)14(17)18)9-8(16)7-10-12-13-11-7/h1-3,15H,(H,9,16)(H,10,11,12,13). The van der Waals surface area contributed by atoms with Gasteiger partial charge in [-0.3, -0.25) is 14.9 Å². The van der Waals surface area contributed by atoms with Crippen LogP contribution >= 0.6 is 0 Å². The Labute approximate surface area is 98.8 Å². The van der Waals surface area contributed by atoms with Crippen molar-refractivity contribution >= 4 is 17.3 Å². The Morgan fingerprint density at radius 3 is 2.89 bits per heavy atom. The minimum Gasteiger partial charge on any atom is -0.508 e. The van der Waals surface area contributed by atoms with Crippen LogP contribution in [0.1, 0.15) is 10.6 Å². The third-order valence-corrected chi connectivity index (χ3v) is 1.97. The van der Waals surface area contributed by atoms with E-state index in [0.29, 0.717) is 0 Å². The number of phenolic OH excluding ortho intramolecular Hbond substituents is 1. The van der Waals surface area contributed by atoms with Crippen LogP contribution in [0.2, 0.25) is 0 Å². The Balaban J connectivity index is 2.29. The summed E-state index contributed by atoms with van der Waals surface area (Å²) in [5.74, 6) is -1.28. The van der Waals surface area contributed by atoms with Gasteiger partial charge in [0.1, 0.15) is 11.4 Å². The highest BCUT2D eigenvalue weighted by Crippen LogP contribution is 2.28. The monoisotopic (exact) mass is 250 g/mol. The highest BCUT2D eigenvalue weighted by atomic mass is 16.6. The first kappa shape index (κ1) is 11.4. The number of aromatic nitrogens is 4. The molecule has 2 rings (SSSR count). The van der Waals surface area contributed by atoms with Gasteiger partial charge >= 0.3 is 0 Å². The second kappa shape index (κ2) is 4.45. The van der Waals surface area contributed by atoms with Gasteiger partial charge in [0, 0.05) is 0 Å². The molecule has 0 saturated carbocycles. The average molecular weight is 250 g/mol. The molecule has 92 valence electrons. The number of carbonyl (C=O) groups is 1. The summed E-state index contributed by atoms with van der Waals surface area (Å²) in [7, 11) is 0. The zero-order valence-electron chi connectivity index (χ0n) is 8.69. The number of nitro groups is 1. The fourth-order valence-corrected chi connectivity index (χ4v) is 1.21. The van der Waals surface area contributed by atoms with Crippen LogP contribution in [0.4, 0.5) is 11.4 Å². The summed E-state index contributed by atoms with van der Waals surface area (Å²) in [5.41, 5.74) is -0.514. The number of hydrogen-bond acceptors (Lipinski definition) is 7. The maximum absolute atomic E-state index is 11.6. The van der Waals surface area contributed by atoms with Gasteiger partial charge in [-0.25, -0.2) is 0 Å². The molecular weight excluding hydrogens is 244 g/mol. The normalized spacial score (nSPS) is 10.0. The van der Waals surface area contributed by atoms with Gasteiger partial charge in [0.2, 0.25) is 0 Å². The number of hydrogen-bond donors (Lipinski definition) is 3.